The molecule has 240 valence electrons. The molecule has 2 amide bonds. The summed E-state index contributed by atoms with van der Waals surface area (Å²) in [5.74, 6) is 1.04. The number of carbonyl (C=O) groups excluding carboxylic acids is 2. The van der Waals surface area contributed by atoms with Crippen LogP contribution in [0.4, 0.5) is 0 Å². The molecule has 1 aliphatic carbocycles. The Morgan fingerprint density at radius 3 is 2.12 bits per heavy atom. The SMILES string of the molecule is C=C.CC.CC.CC.CC.CNC(C)=O.COc1ccc(Cl)cc1C(=O)NCCC1C=CC(c2cccs2)=C(O)CC1. The van der Waals surface area contributed by atoms with Crippen molar-refractivity contribution >= 4 is 40.3 Å². The predicted molar refractivity (Wildman–Crippen MR) is 187 cm³/mol. The third-order valence-electron chi connectivity index (χ3n) is 4.94. The van der Waals surface area contributed by atoms with Gasteiger partial charge in [-0.2, -0.15) is 0 Å². The van der Waals surface area contributed by atoms with Gasteiger partial charge in [0.05, 0.1) is 12.7 Å². The number of halogens is 1. The highest BCUT2D eigenvalue weighted by molar-refractivity contribution is 7.11. The van der Waals surface area contributed by atoms with E-state index in [-0.39, 0.29) is 11.8 Å². The molecule has 1 aliphatic rings. The van der Waals surface area contributed by atoms with Gasteiger partial charge in [-0.05, 0) is 48.4 Å². The number of carbonyl (C=O) groups is 2. The van der Waals surface area contributed by atoms with Crippen LogP contribution in [0.5, 0.6) is 5.75 Å². The van der Waals surface area contributed by atoms with Gasteiger partial charge >= 0.3 is 0 Å². The van der Waals surface area contributed by atoms with Gasteiger partial charge in [0, 0.05) is 42.4 Å². The zero-order chi connectivity index (χ0) is 33.5. The molecule has 0 bridgehead atoms. The van der Waals surface area contributed by atoms with Crippen LogP contribution in [0.2, 0.25) is 5.02 Å². The maximum atomic E-state index is 12.4. The molecule has 0 fully saturated rings. The van der Waals surface area contributed by atoms with E-state index in [1.54, 1.807) is 36.6 Å². The molecule has 1 atom stereocenters. The number of allylic oxidation sites excluding steroid dienone is 4. The number of rotatable bonds is 6. The number of nitrogens with one attached hydrogen (secondary N) is 2. The van der Waals surface area contributed by atoms with Crippen molar-refractivity contribution in [3.05, 3.63) is 82.2 Å². The number of aliphatic hydroxyl groups excluding tert-OH is 1. The third kappa shape index (κ3) is 19.9. The predicted octanol–water partition coefficient (Wildman–Crippen LogP) is 10.1. The molecule has 0 radical (unpaired) electrons. The number of ether oxygens (including phenoxy) is 1. The first-order valence-electron chi connectivity index (χ1n) is 14.8. The van der Waals surface area contributed by atoms with Crippen LogP contribution in [0.25, 0.3) is 5.57 Å². The normalized spacial score (nSPS) is 12.3. The van der Waals surface area contributed by atoms with Crippen LogP contribution in [0, 0.1) is 5.92 Å². The van der Waals surface area contributed by atoms with Crippen LogP contribution >= 0.6 is 22.9 Å². The Hall–Kier alpha value is -3.03. The molecular formula is C34H57ClN2O4S. The van der Waals surface area contributed by atoms with E-state index in [1.165, 1.54) is 14.0 Å². The fourth-order valence-corrected chi connectivity index (χ4v) is 4.05. The topological polar surface area (TPSA) is 87.7 Å². The van der Waals surface area contributed by atoms with E-state index in [0.29, 0.717) is 41.0 Å². The van der Waals surface area contributed by atoms with Crippen LogP contribution in [-0.2, 0) is 4.79 Å². The molecule has 1 heterocycles. The minimum absolute atomic E-state index is 0.00463. The smallest absolute Gasteiger partial charge is 0.255 e. The third-order valence-corrected chi connectivity index (χ3v) is 6.08. The summed E-state index contributed by atoms with van der Waals surface area (Å²) in [6.07, 6.45) is 6.43. The summed E-state index contributed by atoms with van der Waals surface area (Å²) in [7, 11) is 3.13. The molecule has 2 aromatic rings. The van der Waals surface area contributed by atoms with Crippen molar-refractivity contribution in [3.63, 3.8) is 0 Å². The zero-order valence-corrected chi connectivity index (χ0v) is 29.5. The van der Waals surface area contributed by atoms with E-state index in [2.05, 4.69) is 29.9 Å². The lowest BCUT2D eigenvalue weighted by Crippen LogP contribution is -2.26. The lowest BCUT2D eigenvalue weighted by molar-refractivity contribution is -0.118. The van der Waals surface area contributed by atoms with Gasteiger partial charge in [0.1, 0.15) is 11.5 Å². The van der Waals surface area contributed by atoms with Crippen molar-refractivity contribution in [2.24, 2.45) is 5.92 Å². The van der Waals surface area contributed by atoms with Gasteiger partial charge in [-0.25, -0.2) is 0 Å². The molecule has 0 aliphatic heterocycles. The molecule has 1 unspecified atom stereocenters. The number of methoxy groups -OCH3 is 1. The van der Waals surface area contributed by atoms with Gasteiger partial charge < -0.3 is 20.5 Å². The van der Waals surface area contributed by atoms with E-state index >= 15 is 0 Å². The van der Waals surface area contributed by atoms with Crippen molar-refractivity contribution < 1.29 is 19.4 Å². The molecule has 1 aromatic heterocycles. The number of benzene rings is 1. The van der Waals surface area contributed by atoms with Gasteiger partial charge in [-0.15, -0.1) is 24.5 Å². The number of amides is 2. The minimum Gasteiger partial charge on any atom is -0.512 e. The standard InChI is InChI=1S/C21H22ClNO3S.C3H7NO.4C2H6.C2H4/c1-26-19-9-6-15(22)13-17(19)21(25)23-11-10-14-4-7-16(18(24)8-5-14)20-3-2-12-27-20;1-3(5)4-2;5*1-2/h2-4,6-7,9,12-14,24H,5,8,10-11H2,1H3,(H,23,25);1-2H3,(H,4,5);4*1-2H3;1-2H2. The highest BCUT2D eigenvalue weighted by Gasteiger charge is 2.17. The molecule has 3 N–H and O–H groups in total. The summed E-state index contributed by atoms with van der Waals surface area (Å²) in [4.78, 5) is 23.2. The molecule has 1 aromatic carbocycles. The van der Waals surface area contributed by atoms with Crippen molar-refractivity contribution in [2.75, 3.05) is 20.7 Å². The first-order chi connectivity index (χ1) is 20.3. The van der Waals surface area contributed by atoms with Gasteiger partial charge in [0.25, 0.3) is 5.91 Å². The summed E-state index contributed by atoms with van der Waals surface area (Å²) in [6, 6.07) is 8.98. The van der Waals surface area contributed by atoms with Gasteiger partial charge in [0.15, 0.2) is 0 Å². The zero-order valence-electron chi connectivity index (χ0n) is 27.9. The Morgan fingerprint density at radius 1 is 1.07 bits per heavy atom. The summed E-state index contributed by atoms with van der Waals surface area (Å²) in [6.45, 7) is 24.0. The van der Waals surface area contributed by atoms with Gasteiger partial charge in [-0.3, -0.25) is 9.59 Å². The summed E-state index contributed by atoms with van der Waals surface area (Å²) < 4.78 is 5.23. The number of thiophene rings is 1. The lowest BCUT2D eigenvalue weighted by Gasteiger charge is -2.13. The van der Waals surface area contributed by atoms with E-state index in [1.807, 2.05) is 79.0 Å². The Kier molecular flexibility index (Phi) is 35.5. The highest BCUT2D eigenvalue weighted by atomic mass is 35.5. The molecule has 0 saturated heterocycles. The number of hydrogen-bond acceptors (Lipinski definition) is 5. The van der Waals surface area contributed by atoms with Crippen molar-refractivity contribution in [2.45, 2.75) is 81.6 Å². The van der Waals surface area contributed by atoms with Crippen LogP contribution in [0.3, 0.4) is 0 Å². The fraction of sp³-hybridized carbons (Fsp3) is 0.471. The Bertz CT molecular complexity index is 989. The maximum absolute atomic E-state index is 12.4. The van der Waals surface area contributed by atoms with Crippen molar-refractivity contribution in [1.82, 2.24) is 10.6 Å². The summed E-state index contributed by atoms with van der Waals surface area (Å²) >= 11 is 7.61. The second-order valence-corrected chi connectivity index (χ2v) is 8.58. The fourth-order valence-electron chi connectivity index (χ4n) is 3.10. The average molecular weight is 625 g/mol. The molecule has 8 heteroatoms. The Labute approximate surface area is 265 Å². The monoisotopic (exact) mass is 624 g/mol. The van der Waals surface area contributed by atoms with Crippen LogP contribution < -0.4 is 15.4 Å². The van der Waals surface area contributed by atoms with E-state index in [9.17, 15) is 14.7 Å². The molecule has 0 saturated carbocycles. The Morgan fingerprint density at radius 2 is 1.64 bits per heavy atom. The second kappa shape index (κ2) is 32.5. The van der Waals surface area contributed by atoms with Crippen LogP contribution in [0.15, 0.2) is 66.8 Å². The van der Waals surface area contributed by atoms with Crippen LogP contribution in [0.1, 0.15) is 96.8 Å². The van der Waals surface area contributed by atoms with Gasteiger partial charge in [-0.1, -0.05) is 85.2 Å². The maximum Gasteiger partial charge on any atom is 0.255 e. The number of hydrogen-bond donors (Lipinski definition) is 3. The van der Waals surface area contributed by atoms with E-state index in [0.717, 1.165) is 23.3 Å². The molecule has 0 spiro atoms. The quantitative estimate of drug-likeness (QED) is 0.279. The lowest BCUT2D eigenvalue weighted by atomic mass is 10.00. The molecular weight excluding hydrogens is 568 g/mol. The Balaban J connectivity index is -0.000000412. The van der Waals surface area contributed by atoms with E-state index < -0.39 is 0 Å². The van der Waals surface area contributed by atoms with Crippen LogP contribution in [-0.4, -0.2) is 37.6 Å². The van der Waals surface area contributed by atoms with Crippen molar-refractivity contribution in [1.29, 1.82) is 0 Å². The molecule has 6 nitrogen and oxygen atoms in total. The largest absolute Gasteiger partial charge is 0.512 e. The summed E-state index contributed by atoms with van der Waals surface area (Å²) in [5.41, 5.74) is 1.33. The van der Waals surface area contributed by atoms with E-state index in [4.69, 9.17) is 16.3 Å². The number of aliphatic hydroxyl groups is 1. The average Bonchev–Trinajstić information content (AvgIpc) is 3.52. The second-order valence-electron chi connectivity index (χ2n) is 7.19. The molecule has 42 heavy (non-hydrogen) atoms. The van der Waals surface area contributed by atoms with Gasteiger partial charge in [0.2, 0.25) is 5.91 Å². The highest BCUT2D eigenvalue weighted by Crippen LogP contribution is 2.31. The minimum atomic E-state index is -0.202. The van der Waals surface area contributed by atoms with Crippen molar-refractivity contribution in [3.8, 4) is 5.75 Å². The molecule has 3 rings (SSSR count). The first-order valence-corrected chi connectivity index (χ1v) is 16.1. The first kappa shape index (κ1) is 45.9. The summed E-state index contributed by atoms with van der Waals surface area (Å²) in [5, 5.41) is 18.1.